The first-order valence-corrected chi connectivity index (χ1v) is 16.0. The summed E-state index contributed by atoms with van der Waals surface area (Å²) in [5.41, 5.74) is 0.764. The van der Waals surface area contributed by atoms with Crippen LogP contribution in [-0.4, -0.2) is 71.1 Å². The number of aromatic nitrogens is 2. The molecule has 1 aliphatic carbocycles. The van der Waals surface area contributed by atoms with Crippen molar-refractivity contribution >= 4 is 29.2 Å². The Kier molecular flexibility index (Phi) is 9.47. The molecule has 2 bridgehead atoms. The number of benzene rings is 1. The van der Waals surface area contributed by atoms with Gasteiger partial charge in [0, 0.05) is 6.07 Å². The SMILES string of the molecule is COc1ccc2nc3c(nc2c1)O[C@H]1CN(C(=O)[C@H](C(C)(C)C)CC(=O)O[C@]2(C)CCC[C@H]2CCCCC3)[C@H](C=O)[C@@H]1CF. The van der Waals surface area contributed by atoms with Crippen LogP contribution in [0.5, 0.6) is 11.6 Å². The topological polar surface area (TPSA) is 108 Å². The van der Waals surface area contributed by atoms with E-state index in [0.29, 0.717) is 35.2 Å². The largest absolute Gasteiger partial charge is 0.497 e. The van der Waals surface area contributed by atoms with Crippen LogP contribution in [0.2, 0.25) is 0 Å². The van der Waals surface area contributed by atoms with E-state index in [1.54, 1.807) is 13.2 Å². The minimum atomic E-state index is -1.03. The highest BCUT2D eigenvalue weighted by molar-refractivity contribution is 5.87. The molecular formula is C34H46FN3O6. The number of halogens is 1. The van der Waals surface area contributed by atoms with Crippen molar-refractivity contribution in [3.63, 3.8) is 0 Å². The van der Waals surface area contributed by atoms with Crippen molar-refractivity contribution in [1.29, 1.82) is 0 Å². The predicted molar refractivity (Wildman–Crippen MR) is 163 cm³/mol. The minimum absolute atomic E-state index is 0.00445. The number of aryl methyl sites for hydroxylation is 1. The van der Waals surface area contributed by atoms with Crippen LogP contribution < -0.4 is 9.47 Å². The number of alkyl halides is 1. The molecule has 0 spiro atoms. The zero-order valence-electron chi connectivity index (χ0n) is 26.6. The smallest absolute Gasteiger partial charge is 0.307 e. The highest BCUT2D eigenvalue weighted by Crippen LogP contribution is 2.43. The van der Waals surface area contributed by atoms with E-state index in [0.717, 1.165) is 44.9 Å². The van der Waals surface area contributed by atoms with Gasteiger partial charge in [0.25, 0.3) is 0 Å². The Morgan fingerprint density at radius 2 is 1.89 bits per heavy atom. The molecule has 3 heterocycles. The fraction of sp³-hybridized carbons (Fsp3) is 0.676. The van der Waals surface area contributed by atoms with Crippen LogP contribution in [0.25, 0.3) is 11.0 Å². The van der Waals surface area contributed by atoms with E-state index in [-0.39, 0.29) is 30.7 Å². The molecule has 2 aromatic rings. The molecule has 3 aliphatic rings. The summed E-state index contributed by atoms with van der Waals surface area (Å²) >= 11 is 0. The molecule has 1 saturated heterocycles. The first-order valence-electron chi connectivity index (χ1n) is 16.0. The van der Waals surface area contributed by atoms with Gasteiger partial charge in [-0.3, -0.25) is 14.0 Å². The standard InChI is InChI=1S/C34H46FN3O6/c1-33(2,3)24-17-30(40)44-34(4)15-9-11-21(34)10-7-6-8-12-26-31(37-27-16-22(42-5)13-14-25(27)36-26)43-29-19-38(32(24)41)28(20-39)23(29)18-35/h13-14,16,20-21,23-24,28-29H,6-12,15,17-19H2,1-5H3/t21-,23+,24-,28-,29+,34-/m1/s1. The summed E-state index contributed by atoms with van der Waals surface area (Å²) in [5, 5.41) is 0. The summed E-state index contributed by atoms with van der Waals surface area (Å²) < 4.78 is 32.6. The molecule has 2 aliphatic heterocycles. The minimum Gasteiger partial charge on any atom is -0.497 e. The number of carbonyl (C=O) groups is 3. The van der Waals surface area contributed by atoms with Gasteiger partial charge in [-0.2, -0.15) is 0 Å². The van der Waals surface area contributed by atoms with E-state index in [2.05, 4.69) is 0 Å². The number of fused-ring (bicyclic) bond motifs is 5. The van der Waals surface area contributed by atoms with Gasteiger partial charge in [0.2, 0.25) is 11.8 Å². The second-order valence-electron chi connectivity index (χ2n) is 14.0. The summed E-state index contributed by atoms with van der Waals surface area (Å²) in [5.74, 6) is -1.27. The lowest BCUT2D eigenvalue weighted by Gasteiger charge is -2.36. The molecule has 1 saturated carbocycles. The van der Waals surface area contributed by atoms with Gasteiger partial charge in [-0.15, -0.1) is 0 Å². The van der Waals surface area contributed by atoms with E-state index in [9.17, 15) is 18.8 Å². The van der Waals surface area contributed by atoms with Crippen molar-refractivity contribution in [2.45, 2.75) is 103 Å². The van der Waals surface area contributed by atoms with Gasteiger partial charge in [-0.1, -0.05) is 33.6 Å². The molecule has 9 nitrogen and oxygen atoms in total. The van der Waals surface area contributed by atoms with E-state index in [4.69, 9.17) is 24.2 Å². The van der Waals surface area contributed by atoms with Crippen molar-refractivity contribution in [3.05, 3.63) is 23.9 Å². The fourth-order valence-corrected chi connectivity index (χ4v) is 7.30. The molecule has 1 aromatic carbocycles. The molecule has 5 rings (SSSR count). The lowest BCUT2D eigenvalue weighted by atomic mass is 9.77. The molecule has 10 heteroatoms. The van der Waals surface area contributed by atoms with Gasteiger partial charge < -0.3 is 23.9 Å². The van der Waals surface area contributed by atoms with E-state index < -0.39 is 47.6 Å². The zero-order chi connectivity index (χ0) is 31.6. The third kappa shape index (κ3) is 6.54. The first-order chi connectivity index (χ1) is 21.0. The molecule has 0 radical (unpaired) electrons. The van der Waals surface area contributed by atoms with Crippen molar-refractivity contribution in [3.8, 4) is 11.6 Å². The van der Waals surface area contributed by atoms with Gasteiger partial charge in [-0.05, 0) is 68.9 Å². The Labute approximate surface area is 259 Å². The molecule has 1 aromatic heterocycles. The highest BCUT2D eigenvalue weighted by Gasteiger charge is 2.50. The van der Waals surface area contributed by atoms with Crippen LogP contribution in [0.3, 0.4) is 0 Å². The number of aldehydes is 1. The third-order valence-electron chi connectivity index (χ3n) is 10.0. The monoisotopic (exact) mass is 611 g/mol. The van der Waals surface area contributed by atoms with Crippen molar-refractivity contribution in [2.75, 3.05) is 20.3 Å². The fourth-order valence-electron chi connectivity index (χ4n) is 7.30. The second kappa shape index (κ2) is 13.0. The third-order valence-corrected chi connectivity index (χ3v) is 10.0. The normalized spacial score (nSPS) is 30.5. The van der Waals surface area contributed by atoms with Crippen LogP contribution in [0.15, 0.2) is 18.2 Å². The Morgan fingerprint density at radius 1 is 1.11 bits per heavy atom. The first kappa shape index (κ1) is 32.1. The van der Waals surface area contributed by atoms with Crippen molar-refractivity contribution < 1.29 is 33.0 Å². The van der Waals surface area contributed by atoms with Gasteiger partial charge in [0.1, 0.15) is 29.4 Å². The van der Waals surface area contributed by atoms with Crippen LogP contribution in [0.1, 0.15) is 84.8 Å². The van der Waals surface area contributed by atoms with Crippen LogP contribution in [0, 0.1) is 23.2 Å². The molecule has 1 amide bonds. The van der Waals surface area contributed by atoms with E-state index in [1.165, 1.54) is 4.90 Å². The Balaban J connectivity index is 1.54. The second-order valence-corrected chi connectivity index (χ2v) is 14.0. The number of ether oxygens (including phenoxy) is 3. The Hall–Kier alpha value is -3.30. The lowest BCUT2D eigenvalue weighted by molar-refractivity contribution is -0.167. The van der Waals surface area contributed by atoms with Crippen LogP contribution in [0.4, 0.5) is 4.39 Å². The molecule has 0 N–H and O–H groups in total. The van der Waals surface area contributed by atoms with E-state index in [1.807, 2.05) is 39.8 Å². The molecule has 2 fully saturated rings. The number of nitrogens with zero attached hydrogens (tertiary/aromatic N) is 3. The average Bonchev–Trinajstić information content (AvgIpc) is 3.52. The molecule has 6 atom stereocenters. The average molecular weight is 612 g/mol. The van der Waals surface area contributed by atoms with Crippen LogP contribution in [-0.2, 0) is 25.5 Å². The van der Waals surface area contributed by atoms with Crippen molar-refractivity contribution in [1.82, 2.24) is 14.9 Å². The maximum Gasteiger partial charge on any atom is 0.307 e. The maximum absolute atomic E-state index is 14.6. The van der Waals surface area contributed by atoms with Gasteiger partial charge >= 0.3 is 5.97 Å². The van der Waals surface area contributed by atoms with Gasteiger partial charge in [-0.25, -0.2) is 9.97 Å². The lowest BCUT2D eigenvalue weighted by Crippen LogP contribution is -2.47. The number of esters is 1. The zero-order valence-corrected chi connectivity index (χ0v) is 26.6. The van der Waals surface area contributed by atoms with Gasteiger partial charge in [0.15, 0.2) is 0 Å². The molecule has 240 valence electrons. The molecule has 44 heavy (non-hydrogen) atoms. The van der Waals surface area contributed by atoms with Crippen molar-refractivity contribution in [2.24, 2.45) is 23.2 Å². The molecular weight excluding hydrogens is 565 g/mol. The number of methoxy groups -OCH3 is 1. The number of hydrogen-bond acceptors (Lipinski definition) is 8. The number of hydrogen-bond donors (Lipinski definition) is 0. The molecule has 0 unspecified atom stereocenters. The van der Waals surface area contributed by atoms with E-state index >= 15 is 0 Å². The Bertz CT molecular complexity index is 1380. The number of rotatable bonds is 3. The maximum atomic E-state index is 14.6. The Morgan fingerprint density at radius 3 is 2.59 bits per heavy atom. The summed E-state index contributed by atoms with van der Waals surface area (Å²) in [4.78, 5) is 51.0. The summed E-state index contributed by atoms with van der Waals surface area (Å²) in [6.45, 7) is 6.85. The van der Waals surface area contributed by atoms with Crippen LogP contribution >= 0.6 is 0 Å². The number of carbonyl (C=O) groups excluding carboxylic acids is 3. The highest BCUT2D eigenvalue weighted by atomic mass is 19.1. The van der Waals surface area contributed by atoms with Gasteiger partial charge in [0.05, 0.1) is 55.7 Å². The quantitative estimate of drug-likeness (QED) is 0.324. The summed E-state index contributed by atoms with van der Waals surface area (Å²) in [7, 11) is 1.58. The summed E-state index contributed by atoms with van der Waals surface area (Å²) in [6.07, 6.45) is 6.84. The number of amides is 1. The predicted octanol–water partition coefficient (Wildman–Crippen LogP) is 5.65. The summed E-state index contributed by atoms with van der Waals surface area (Å²) in [6, 6.07) is 4.42.